The highest BCUT2D eigenvalue weighted by Gasteiger charge is 2.15. The van der Waals surface area contributed by atoms with Crippen LogP contribution < -0.4 is 5.32 Å². The van der Waals surface area contributed by atoms with Crippen LogP contribution in [0.25, 0.3) is 0 Å². The molecule has 1 aliphatic rings. The average molecular weight is 292 g/mol. The van der Waals surface area contributed by atoms with E-state index >= 15 is 0 Å². The molecule has 0 aliphatic carbocycles. The number of anilines is 1. The van der Waals surface area contributed by atoms with Crippen LogP contribution in [0.1, 0.15) is 17.3 Å². The fraction of sp³-hybridized carbons (Fsp3) is 0.600. The maximum Gasteiger partial charge on any atom is 0.341 e. The van der Waals surface area contributed by atoms with E-state index in [0.29, 0.717) is 18.0 Å². The Bertz CT molecular complexity index is 459. The summed E-state index contributed by atoms with van der Waals surface area (Å²) in [5.41, 5.74) is 0.498. The Hall–Kier alpha value is -1.66. The summed E-state index contributed by atoms with van der Waals surface area (Å²) in [4.78, 5) is 20.8. The molecule has 2 heterocycles. The molecule has 1 fully saturated rings. The number of esters is 1. The first kappa shape index (κ1) is 15.7. The van der Waals surface area contributed by atoms with Crippen molar-refractivity contribution in [2.45, 2.75) is 6.92 Å². The Balaban J connectivity index is 1.84. The molecule has 0 atom stereocenters. The minimum absolute atomic E-state index is 0.326. The van der Waals surface area contributed by atoms with Crippen LogP contribution in [0.4, 0.5) is 5.82 Å². The minimum atomic E-state index is -0.326. The van der Waals surface area contributed by atoms with Crippen molar-refractivity contribution in [1.29, 1.82) is 0 Å². The molecule has 0 aromatic carbocycles. The quantitative estimate of drug-likeness (QED) is 0.787. The van der Waals surface area contributed by atoms with E-state index in [1.54, 1.807) is 25.3 Å². The monoisotopic (exact) mass is 292 g/mol. The first-order chi connectivity index (χ1) is 10.2. The summed E-state index contributed by atoms with van der Waals surface area (Å²) in [5.74, 6) is 0.276. The molecular formula is C15H24N4O2. The van der Waals surface area contributed by atoms with E-state index < -0.39 is 0 Å². The molecule has 6 heteroatoms. The third-order valence-electron chi connectivity index (χ3n) is 3.62. The van der Waals surface area contributed by atoms with Gasteiger partial charge < -0.3 is 15.0 Å². The largest absolute Gasteiger partial charge is 0.462 e. The molecule has 1 aliphatic heterocycles. The van der Waals surface area contributed by atoms with Gasteiger partial charge in [0.2, 0.25) is 0 Å². The second kappa shape index (κ2) is 7.95. The SMILES string of the molecule is CCOC(=O)c1cccnc1NCCN1CCN(C)CC1. The number of carbonyl (C=O) groups excluding carboxylic acids is 1. The van der Waals surface area contributed by atoms with Crippen LogP contribution in [-0.4, -0.2) is 73.7 Å². The highest BCUT2D eigenvalue weighted by Crippen LogP contribution is 2.12. The van der Waals surface area contributed by atoms with Crippen LogP contribution in [0.5, 0.6) is 0 Å². The number of pyridine rings is 1. The molecule has 21 heavy (non-hydrogen) atoms. The zero-order chi connectivity index (χ0) is 15.1. The predicted octanol–water partition coefficient (Wildman–Crippen LogP) is 0.918. The van der Waals surface area contributed by atoms with E-state index in [1.165, 1.54) is 0 Å². The first-order valence-corrected chi connectivity index (χ1v) is 7.47. The van der Waals surface area contributed by atoms with Crippen molar-refractivity contribution in [3.8, 4) is 0 Å². The highest BCUT2D eigenvalue weighted by atomic mass is 16.5. The average Bonchev–Trinajstić information content (AvgIpc) is 2.50. The predicted molar refractivity (Wildman–Crippen MR) is 82.6 cm³/mol. The smallest absolute Gasteiger partial charge is 0.341 e. The molecule has 1 saturated heterocycles. The maximum absolute atomic E-state index is 11.8. The normalized spacial score (nSPS) is 16.7. The summed E-state index contributed by atoms with van der Waals surface area (Å²) in [7, 11) is 2.15. The number of nitrogens with one attached hydrogen (secondary N) is 1. The lowest BCUT2D eigenvalue weighted by Crippen LogP contribution is -2.45. The highest BCUT2D eigenvalue weighted by molar-refractivity contribution is 5.94. The van der Waals surface area contributed by atoms with Gasteiger partial charge in [-0.1, -0.05) is 0 Å². The Kier molecular flexibility index (Phi) is 5.95. The van der Waals surface area contributed by atoms with E-state index in [2.05, 4.69) is 27.1 Å². The van der Waals surface area contributed by atoms with Gasteiger partial charge in [-0.25, -0.2) is 9.78 Å². The van der Waals surface area contributed by atoms with Crippen molar-refractivity contribution in [1.82, 2.24) is 14.8 Å². The van der Waals surface area contributed by atoms with Crippen LogP contribution in [0, 0.1) is 0 Å². The van der Waals surface area contributed by atoms with Crippen molar-refractivity contribution in [3.63, 3.8) is 0 Å². The van der Waals surface area contributed by atoms with Gasteiger partial charge in [0.1, 0.15) is 11.4 Å². The van der Waals surface area contributed by atoms with Gasteiger partial charge in [-0.2, -0.15) is 0 Å². The Morgan fingerprint density at radius 3 is 2.86 bits per heavy atom. The Labute approximate surface area is 126 Å². The van der Waals surface area contributed by atoms with Crippen molar-refractivity contribution in [3.05, 3.63) is 23.9 Å². The molecule has 116 valence electrons. The van der Waals surface area contributed by atoms with Gasteiger partial charge in [0.15, 0.2) is 0 Å². The van der Waals surface area contributed by atoms with Gasteiger partial charge in [-0.05, 0) is 26.1 Å². The molecule has 2 rings (SSSR count). The molecule has 0 amide bonds. The molecule has 0 spiro atoms. The molecular weight excluding hydrogens is 268 g/mol. The summed E-state index contributed by atoms with van der Waals surface area (Å²) in [6, 6.07) is 3.49. The van der Waals surface area contributed by atoms with E-state index in [1.807, 2.05) is 0 Å². The van der Waals surface area contributed by atoms with Crippen LogP contribution in [0.3, 0.4) is 0 Å². The molecule has 1 N–H and O–H groups in total. The molecule has 0 saturated carbocycles. The number of ether oxygens (including phenoxy) is 1. The topological polar surface area (TPSA) is 57.7 Å². The summed E-state index contributed by atoms with van der Waals surface area (Å²) in [5, 5.41) is 3.24. The summed E-state index contributed by atoms with van der Waals surface area (Å²) in [6.45, 7) is 8.29. The maximum atomic E-state index is 11.8. The number of nitrogens with zero attached hydrogens (tertiary/aromatic N) is 3. The number of hydrogen-bond donors (Lipinski definition) is 1. The van der Waals surface area contributed by atoms with Crippen molar-refractivity contribution >= 4 is 11.8 Å². The standard InChI is InChI=1S/C15H24N4O2/c1-3-21-15(20)13-5-4-6-16-14(13)17-7-8-19-11-9-18(2)10-12-19/h4-6H,3,7-12H2,1-2H3,(H,16,17). The molecule has 0 radical (unpaired) electrons. The third kappa shape index (κ3) is 4.68. The van der Waals surface area contributed by atoms with Crippen LogP contribution >= 0.6 is 0 Å². The molecule has 1 aromatic rings. The summed E-state index contributed by atoms with van der Waals surface area (Å²) < 4.78 is 5.04. The minimum Gasteiger partial charge on any atom is -0.462 e. The lowest BCUT2D eigenvalue weighted by molar-refractivity contribution is 0.0527. The fourth-order valence-corrected chi connectivity index (χ4v) is 2.32. The molecule has 0 unspecified atom stereocenters. The zero-order valence-electron chi connectivity index (χ0n) is 12.8. The molecule has 6 nitrogen and oxygen atoms in total. The second-order valence-corrected chi connectivity index (χ2v) is 5.19. The van der Waals surface area contributed by atoms with Gasteiger partial charge in [0.25, 0.3) is 0 Å². The van der Waals surface area contributed by atoms with Gasteiger partial charge in [0, 0.05) is 45.5 Å². The van der Waals surface area contributed by atoms with Crippen LogP contribution in [0.15, 0.2) is 18.3 Å². The van der Waals surface area contributed by atoms with E-state index in [0.717, 1.165) is 39.3 Å². The van der Waals surface area contributed by atoms with Gasteiger partial charge >= 0.3 is 5.97 Å². The van der Waals surface area contributed by atoms with Crippen molar-refractivity contribution in [2.75, 3.05) is 58.2 Å². The van der Waals surface area contributed by atoms with Crippen molar-refractivity contribution in [2.24, 2.45) is 0 Å². The van der Waals surface area contributed by atoms with E-state index in [-0.39, 0.29) is 5.97 Å². The lowest BCUT2D eigenvalue weighted by atomic mass is 10.2. The second-order valence-electron chi connectivity index (χ2n) is 5.19. The van der Waals surface area contributed by atoms with Crippen LogP contribution in [0.2, 0.25) is 0 Å². The van der Waals surface area contributed by atoms with E-state index in [4.69, 9.17) is 4.74 Å². The molecule has 1 aromatic heterocycles. The number of carbonyl (C=O) groups is 1. The molecule has 0 bridgehead atoms. The van der Waals surface area contributed by atoms with Crippen molar-refractivity contribution < 1.29 is 9.53 Å². The number of likely N-dealkylation sites (N-methyl/N-ethyl adjacent to an activating group) is 1. The number of piperazine rings is 1. The first-order valence-electron chi connectivity index (χ1n) is 7.47. The lowest BCUT2D eigenvalue weighted by Gasteiger charge is -2.32. The number of rotatable bonds is 6. The van der Waals surface area contributed by atoms with Crippen LogP contribution in [-0.2, 0) is 4.74 Å². The number of aromatic nitrogens is 1. The Morgan fingerprint density at radius 1 is 1.38 bits per heavy atom. The van der Waals surface area contributed by atoms with Gasteiger partial charge in [0.05, 0.1) is 6.61 Å². The zero-order valence-corrected chi connectivity index (χ0v) is 12.8. The number of hydrogen-bond acceptors (Lipinski definition) is 6. The Morgan fingerprint density at radius 2 is 2.14 bits per heavy atom. The third-order valence-corrected chi connectivity index (χ3v) is 3.62. The summed E-state index contributed by atoms with van der Waals surface area (Å²) in [6.07, 6.45) is 1.68. The summed E-state index contributed by atoms with van der Waals surface area (Å²) >= 11 is 0. The fourth-order valence-electron chi connectivity index (χ4n) is 2.32. The van der Waals surface area contributed by atoms with Gasteiger partial charge in [-0.3, -0.25) is 4.90 Å². The van der Waals surface area contributed by atoms with E-state index in [9.17, 15) is 4.79 Å². The van der Waals surface area contributed by atoms with Gasteiger partial charge in [-0.15, -0.1) is 0 Å².